The second kappa shape index (κ2) is 7.40. The highest BCUT2D eigenvalue weighted by Crippen LogP contribution is 2.36. The van der Waals surface area contributed by atoms with Crippen molar-refractivity contribution in [2.45, 2.75) is 59.4 Å². The molecular weight excluding hydrogens is 261 g/mol. The number of rotatable bonds is 5. The van der Waals surface area contributed by atoms with Gasteiger partial charge in [0.2, 0.25) is 0 Å². The number of hydrogen-bond donors (Lipinski definition) is 1. The van der Waals surface area contributed by atoms with E-state index in [2.05, 4.69) is 33.0 Å². The van der Waals surface area contributed by atoms with Crippen LogP contribution >= 0.6 is 0 Å². The molecule has 0 saturated heterocycles. The summed E-state index contributed by atoms with van der Waals surface area (Å²) in [6, 6.07) is 5.76. The molecule has 0 spiro atoms. The topological polar surface area (TPSA) is 12.0 Å². The van der Waals surface area contributed by atoms with Crippen molar-refractivity contribution in [1.29, 1.82) is 0 Å². The van der Waals surface area contributed by atoms with Crippen molar-refractivity contribution in [2.75, 3.05) is 6.54 Å². The summed E-state index contributed by atoms with van der Waals surface area (Å²) in [5.41, 5.74) is 2.42. The van der Waals surface area contributed by atoms with Gasteiger partial charge in [-0.25, -0.2) is 4.39 Å². The fourth-order valence-corrected chi connectivity index (χ4v) is 3.61. The smallest absolute Gasteiger partial charge is 0.123 e. The highest BCUT2D eigenvalue weighted by atomic mass is 19.1. The first kappa shape index (κ1) is 16.5. The average Bonchev–Trinajstić information content (AvgIpc) is 2.42. The second-order valence-electron chi connectivity index (χ2n) is 7.28. The third-order valence-corrected chi connectivity index (χ3v) is 4.98. The number of halogens is 1. The van der Waals surface area contributed by atoms with E-state index in [1.54, 1.807) is 12.1 Å². The lowest BCUT2D eigenvalue weighted by molar-refractivity contribution is 0.181. The van der Waals surface area contributed by atoms with Crippen molar-refractivity contribution in [3.8, 4) is 0 Å². The zero-order chi connectivity index (χ0) is 15.4. The van der Waals surface area contributed by atoms with E-state index < -0.39 is 0 Å². The second-order valence-corrected chi connectivity index (χ2v) is 7.28. The van der Waals surface area contributed by atoms with Crippen LogP contribution in [0.15, 0.2) is 18.2 Å². The Morgan fingerprint density at radius 1 is 1.24 bits per heavy atom. The first-order valence-corrected chi connectivity index (χ1v) is 8.44. The number of benzene rings is 1. The lowest BCUT2D eigenvalue weighted by atomic mass is 9.72. The summed E-state index contributed by atoms with van der Waals surface area (Å²) in [7, 11) is 0. The van der Waals surface area contributed by atoms with E-state index in [-0.39, 0.29) is 5.82 Å². The quantitative estimate of drug-likeness (QED) is 0.827. The van der Waals surface area contributed by atoms with Gasteiger partial charge >= 0.3 is 0 Å². The van der Waals surface area contributed by atoms with Crippen LogP contribution in [-0.4, -0.2) is 12.6 Å². The summed E-state index contributed by atoms with van der Waals surface area (Å²) in [6.45, 7) is 9.97. The zero-order valence-electron chi connectivity index (χ0n) is 14.0. The molecule has 1 aromatic carbocycles. The molecule has 2 rings (SSSR count). The molecule has 0 heterocycles. The van der Waals surface area contributed by atoms with Gasteiger partial charge in [0.25, 0.3) is 0 Å². The van der Waals surface area contributed by atoms with Crippen LogP contribution < -0.4 is 5.32 Å². The minimum absolute atomic E-state index is 0.101. The van der Waals surface area contributed by atoms with Crippen LogP contribution in [0.2, 0.25) is 0 Å². The van der Waals surface area contributed by atoms with Crippen molar-refractivity contribution >= 4 is 0 Å². The SMILES string of the molecule is Cc1ccc(F)cc1CC1CC(C)CCC1CNC(C)C. The first-order chi connectivity index (χ1) is 9.95. The van der Waals surface area contributed by atoms with Gasteiger partial charge in [0.15, 0.2) is 0 Å². The van der Waals surface area contributed by atoms with Crippen LogP contribution in [0.5, 0.6) is 0 Å². The van der Waals surface area contributed by atoms with Crippen molar-refractivity contribution in [2.24, 2.45) is 17.8 Å². The van der Waals surface area contributed by atoms with Crippen LogP contribution in [0.4, 0.5) is 4.39 Å². The van der Waals surface area contributed by atoms with E-state index in [0.717, 1.165) is 24.8 Å². The van der Waals surface area contributed by atoms with Gasteiger partial charge in [-0.3, -0.25) is 0 Å². The summed E-state index contributed by atoms with van der Waals surface area (Å²) >= 11 is 0. The van der Waals surface area contributed by atoms with Crippen LogP contribution in [0, 0.1) is 30.5 Å². The van der Waals surface area contributed by atoms with E-state index in [1.165, 1.54) is 30.4 Å². The Bertz CT molecular complexity index is 455. The Kier molecular flexibility index (Phi) is 5.80. The fraction of sp³-hybridized carbons (Fsp3) is 0.684. The minimum Gasteiger partial charge on any atom is -0.314 e. The Hall–Kier alpha value is -0.890. The van der Waals surface area contributed by atoms with E-state index in [0.29, 0.717) is 12.0 Å². The summed E-state index contributed by atoms with van der Waals surface area (Å²) in [5.74, 6) is 2.11. The van der Waals surface area contributed by atoms with Crippen molar-refractivity contribution in [1.82, 2.24) is 5.32 Å². The van der Waals surface area contributed by atoms with Gasteiger partial charge < -0.3 is 5.32 Å². The molecule has 1 aliphatic carbocycles. The summed E-state index contributed by atoms with van der Waals surface area (Å²) < 4.78 is 13.5. The molecule has 118 valence electrons. The Morgan fingerprint density at radius 2 is 2.00 bits per heavy atom. The molecular formula is C19H30FN. The van der Waals surface area contributed by atoms with Crippen molar-refractivity contribution in [3.05, 3.63) is 35.1 Å². The predicted octanol–water partition coefficient (Wildman–Crippen LogP) is 4.73. The molecule has 0 radical (unpaired) electrons. The van der Waals surface area contributed by atoms with E-state index in [4.69, 9.17) is 0 Å². The average molecular weight is 291 g/mol. The maximum Gasteiger partial charge on any atom is 0.123 e. The van der Waals surface area contributed by atoms with Crippen LogP contribution in [-0.2, 0) is 6.42 Å². The van der Waals surface area contributed by atoms with Crippen molar-refractivity contribution in [3.63, 3.8) is 0 Å². The van der Waals surface area contributed by atoms with Crippen LogP contribution in [0.1, 0.15) is 51.2 Å². The molecule has 1 fully saturated rings. The normalized spacial score (nSPS) is 26.3. The molecule has 1 aromatic rings. The molecule has 0 bridgehead atoms. The molecule has 21 heavy (non-hydrogen) atoms. The summed E-state index contributed by atoms with van der Waals surface area (Å²) in [5, 5.41) is 3.60. The highest BCUT2D eigenvalue weighted by molar-refractivity contribution is 5.27. The standard InChI is InChI=1S/C19H30FN/c1-13(2)21-12-16-7-5-14(3)9-18(16)10-17-11-19(20)8-6-15(17)4/h6,8,11,13-14,16,18,21H,5,7,9-10,12H2,1-4H3. The Morgan fingerprint density at radius 3 is 2.71 bits per heavy atom. The zero-order valence-corrected chi connectivity index (χ0v) is 14.0. The maximum absolute atomic E-state index is 13.5. The monoisotopic (exact) mass is 291 g/mol. The van der Waals surface area contributed by atoms with Gasteiger partial charge in [0, 0.05) is 6.04 Å². The van der Waals surface area contributed by atoms with Gasteiger partial charge in [0.1, 0.15) is 5.82 Å². The molecule has 1 nitrogen and oxygen atoms in total. The van der Waals surface area contributed by atoms with Gasteiger partial charge in [-0.15, -0.1) is 0 Å². The summed E-state index contributed by atoms with van der Waals surface area (Å²) in [6.07, 6.45) is 4.95. The van der Waals surface area contributed by atoms with E-state index in [9.17, 15) is 4.39 Å². The Balaban J connectivity index is 2.07. The number of aryl methyl sites for hydroxylation is 1. The number of nitrogens with one attached hydrogen (secondary N) is 1. The maximum atomic E-state index is 13.5. The molecule has 1 saturated carbocycles. The molecule has 3 unspecified atom stereocenters. The predicted molar refractivity (Wildman–Crippen MR) is 88.0 cm³/mol. The van der Waals surface area contributed by atoms with Gasteiger partial charge in [0.05, 0.1) is 0 Å². The third kappa shape index (κ3) is 4.81. The lowest BCUT2D eigenvalue weighted by Gasteiger charge is -2.36. The molecule has 3 atom stereocenters. The molecule has 0 aliphatic heterocycles. The molecule has 0 aromatic heterocycles. The van der Waals surface area contributed by atoms with E-state index >= 15 is 0 Å². The van der Waals surface area contributed by atoms with Crippen LogP contribution in [0.25, 0.3) is 0 Å². The van der Waals surface area contributed by atoms with Crippen molar-refractivity contribution < 1.29 is 4.39 Å². The highest BCUT2D eigenvalue weighted by Gasteiger charge is 2.29. The Labute approximate surface area is 129 Å². The number of hydrogen-bond acceptors (Lipinski definition) is 1. The molecule has 1 aliphatic rings. The van der Waals surface area contributed by atoms with Gasteiger partial charge in [-0.05, 0) is 73.7 Å². The first-order valence-electron chi connectivity index (χ1n) is 8.44. The van der Waals surface area contributed by atoms with Gasteiger partial charge in [-0.1, -0.05) is 33.3 Å². The van der Waals surface area contributed by atoms with Crippen LogP contribution in [0.3, 0.4) is 0 Å². The molecule has 1 N–H and O–H groups in total. The fourth-order valence-electron chi connectivity index (χ4n) is 3.61. The third-order valence-electron chi connectivity index (χ3n) is 4.98. The minimum atomic E-state index is -0.101. The lowest BCUT2D eigenvalue weighted by Crippen LogP contribution is -2.36. The molecule has 2 heteroatoms. The largest absolute Gasteiger partial charge is 0.314 e. The van der Waals surface area contributed by atoms with E-state index in [1.807, 2.05) is 6.07 Å². The summed E-state index contributed by atoms with van der Waals surface area (Å²) in [4.78, 5) is 0. The van der Waals surface area contributed by atoms with Gasteiger partial charge in [-0.2, -0.15) is 0 Å². The molecule has 0 amide bonds.